The summed E-state index contributed by atoms with van der Waals surface area (Å²) in [5.41, 5.74) is 0.629. The van der Waals surface area contributed by atoms with E-state index in [1.165, 1.54) is 35.7 Å². The fourth-order valence-corrected chi connectivity index (χ4v) is 5.26. The molecule has 0 aromatic heterocycles. The van der Waals surface area contributed by atoms with Gasteiger partial charge in [0, 0.05) is 18.8 Å². The van der Waals surface area contributed by atoms with Gasteiger partial charge in [-0.3, -0.25) is 4.79 Å². The molecule has 0 saturated carbocycles. The first-order valence-electron chi connectivity index (χ1n) is 10.2. The largest absolute Gasteiger partial charge is 0.497 e. The Balaban J connectivity index is 1.69. The molecule has 0 unspecified atom stereocenters. The Labute approximate surface area is 192 Å². The minimum atomic E-state index is -3.73. The highest BCUT2D eigenvalue weighted by Crippen LogP contribution is 2.27. The van der Waals surface area contributed by atoms with E-state index in [-0.39, 0.29) is 34.5 Å². The molecule has 1 fully saturated rings. The molecule has 1 N–H and O–H groups in total. The van der Waals surface area contributed by atoms with Crippen molar-refractivity contribution in [3.8, 4) is 5.75 Å². The van der Waals surface area contributed by atoms with Crippen LogP contribution in [0.3, 0.4) is 0 Å². The third-order valence-electron chi connectivity index (χ3n) is 5.18. The van der Waals surface area contributed by atoms with Gasteiger partial charge in [0.1, 0.15) is 5.75 Å². The average Bonchev–Trinajstić information content (AvgIpc) is 2.79. The zero-order valence-corrected chi connectivity index (χ0v) is 19.4. The number of sulfonamides is 1. The summed E-state index contributed by atoms with van der Waals surface area (Å²) in [5, 5.41) is 2.92. The molecule has 1 aliphatic rings. The van der Waals surface area contributed by atoms with Gasteiger partial charge in [-0.05, 0) is 62.2 Å². The zero-order chi connectivity index (χ0) is 23.3. The molecule has 0 aliphatic carbocycles. The molecule has 1 atom stereocenters. The van der Waals surface area contributed by atoms with Crippen LogP contribution in [0.15, 0.2) is 47.4 Å². The summed E-state index contributed by atoms with van der Waals surface area (Å²) in [6, 6.07) is 10.7. The van der Waals surface area contributed by atoms with Crippen molar-refractivity contribution >= 4 is 39.2 Å². The number of carbonyl (C=O) groups is 2. The molecular weight excluding hydrogens is 456 g/mol. The van der Waals surface area contributed by atoms with Crippen molar-refractivity contribution in [3.05, 3.63) is 53.1 Å². The van der Waals surface area contributed by atoms with E-state index in [9.17, 15) is 18.0 Å². The number of methoxy groups -OCH3 is 1. The second-order valence-corrected chi connectivity index (χ2v) is 9.63. The molecule has 1 heterocycles. The maximum atomic E-state index is 13.0. The molecule has 1 saturated heterocycles. The van der Waals surface area contributed by atoms with Crippen LogP contribution < -0.4 is 10.1 Å². The van der Waals surface area contributed by atoms with Crippen LogP contribution >= 0.6 is 11.6 Å². The van der Waals surface area contributed by atoms with E-state index in [1.54, 1.807) is 25.1 Å². The fourth-order valence-electron chi connectivity index (χ4n) is 3.48. The standard InChI is InChI=1S/C22H25ClN2O6S/c1-3-31-22(27)19-11-6-16(13-20(19)23)24-21(26)15-5-4-12-25(14-15)32(28,29)18-9-7-17(30-2)8-10-18/h6-11,13,15H,3-5,12,14H2,1-2H3,(H,24,26)/t15-/m1/s1. The molecule has 0 bridgehead atoms. The summed E-state index contributed by atoms with van der Waals surface area (Å²) in [6.45, 7) is 2.35. The predicted octanol–water partition coefficient (Wildman–Crippen LogP) is 3.56. The Hall–Kier alpha value is -2.62. The summed E-state index contributed by atoms with van der Waals surface area (Å²) in [5.74, 6) is -0.797. The maximum absolute atomic E-state index is 13.0. The van der Waals surface area contributed by atoms with Gasteiger partial charge < -0.3 is 14.8 Å². The molecule has 172 valence electrons. The van der Waals surface area contributed by atoms with Gasteiger partial charge in [0.05, 0.1) is 35.1 Å². The Bertz CT molecular complexity index is 1090. The first-order chi connectivity index (χ1) is 15.3. The highest BCUT2D eigenvalue weighted by molar-refractivity contribution is 7.89. The predicted molar refractivity (Wildman–Crippen MR) is 121 cm³/mol. The second kappa shape index (κ2) is 10.3. The zero-order valence-electron chi connectivity index (χ0n) is 17.8. The molecule has 0 radical (unpaired) electrons. The number of hydrogen-bond donors (Lipinski definition) is 1. The Morgan fingerprint density at radius 1 is 1.19 bits per heavy atom. The quantitative estimate of drug-likeness (QED) is 0.608. The van der Waals surface area contributed by atoms with E-state index in [4.69, 9.17) is 21.1 Å². The summed E-state index contributed by atoms with van der Waals surface area (Å²) in [4.78, 5) is 24.8. The number of nitrogens with zero attached hydrogens (tertiary/aromatic N) is 1. The van der Waals surface area contributed by atoms with Crippen molar-refractivity contribution in [2.24, 2.45) is 5.92 Å². The molecule has 2 aromatic rings. The number of halogens is 1. The van der Waals surface area contributed by atoms with Crippen LogP contribution in [0.2, 0.25) is 5.02 Å². The molecule has 1 amide bonds. The number of hydrogen-bond acceptors (Lipinski definition) is 6. The van der Waals surface area contributed by atoms with Gasteiger partial charge >= 0.3 is 5.97 Å². The lowest BCUT2D eigenvalue weighted by Gasteiger charge is -2.31. The van der Waals surface area contributed by atoms with E-state index < -0.39 is 21.9 Å². The number of nitrogens with one attached hydrogen (secondary N) is 1. The lowest BCUT2D eigenvalue weighted by atomic mass is 9.98. The first kappa shape index (κ1) is 24.0. The summed E-state index contributed by atoms with van der Waals surface area (Å²) < 4.78 is 37.4. The molecule has 0 spiro atoms. The summed E-state index contributed by atoms with van der Waals surface area (Å²) in [6.07, 6.45) is 1.13. The van der Waals surface area contributed by atoms with E-state index >= 15 is 0 Å². The second-order valence-electron chi connectivity index (χ2n) is 7.28. The third-order valence-corrected chi connectivity index (χ3v) is 7.38. The van der Waals surface area contributed by atoms with Crippen LogP contribution in [0.1, 0.15) is 30.1 Å². The first-order valence-corrected chi connectivity index (χ1v) is 12.0. The SMILES string of the molecule is CCOC(=O)c1ccc(NC(=O)[C@@H]2CCCN(S(=O)(=O)c3ccc(OC)cc3)C2)cc1Cl. The number of esters is 1. The van der Waals surface area contributed by atoms with Crippen LogP contribution in [0.25, 0.3) is 0 Å². The van der Waals surface area contributed by atoms with Crippen LogP contribution in [0, 0.1) is 5.92 Å². The number of anilines is 1. The minimum Gasteiger partial charge on any atom is -0.497 e. The fraction of sp³-hybridized carbons (Fsp3) is 0.364. The summed E-state index contributed by atoms with van der Waals surface area (Å²) >= 11 is 6.15. The van der Waals surface area contributed by atoms with E-state index in [0.717, 1.165) is 0 Å². The molecule has 2 aromatic carbocycles. The van der Waals surface area contributed by atoms with Crippen LogP contribution in [-0.2, 0) is 19.6 Å². The summed E-state index contributed by atoms with van der Waals surface area (Å²) in [7, 11) is -2.22. The number of ether oxygens (including phenoxy) is 2. The Morgan fingerprint density at radius 2 is 1.91 bits per heavy atom. The van der Waals surface area contributed by atoms with E-state index in [1.807, 2.05) is 0 Å². The van der Waals surface area contributed by atoms with Crippen molar-refractivity contribution in [1.82, 2.24) is 4.31 Å². The molecule has 32 heavy (non-hydrogen) atoms. The smallest absolute Gasteiger partial charge is 0.339 e. The van der Waals surface area contributed by atoms with E-state index in [0.29, 0.717) is 30.8 Å². The number of piperidine rings is 1. The molecule has 1 aliphatic heterocycles. The monoisotopic (exact) mass is 480 g/mol. The highest BCUT2D eigenvalue weighted by atomic mass is 35.5. The molecule has 3 rings (SSSR count). The van der Waals surface area contributed by atoms with Crippen LogP contribution in [0.5, 0.6) is 5.75 Å². The minimum absolute atomic E-state index is 0.0782. The normalized spacial score (nSPS) is 16.9. The number of benzene rings is 2. The number of amides is 1. The van der Waals surface area contributed by atoms with Crippen molar-refractivity contribution in [2.75, 3.05) is 32.1 Å². The van der Waals surface area contributed by atoms with Gasteiger partial charge in [-0.25, -0.2) is 13.2 Å². The van der Waals surface area contributed by atoms with Gasteiger partial charge in [0.2, 0.25) is 15.9 Å². The topological polar surface area (TPSA) is 102 Å². The Kier molecular flexibility index (Phi) is 7.76. The highest BCUT2D eigenvalue weighted by Gasteiger charge is 2.33. The number of rotatable bonds is 7. The van der Waals surface area contributed by atoms with Crippen molar-refractivity contribution < 1.29 is 27.5 Å². The molecule has 8 nitrogen and oxygen atoms in total. The van der Waals surface area contributed by atoms with Gasteiger partial charge in [-0.1, -0.05) is 11.6 Å². The maximum Gasteiger partial charge on any atom is 0.339 e. The Morgan fingerprint density at radius 3 is 2.53 bits per heavy atom. The average molecular weight is 481 g/mol. The number of carbonyl (C=O) groups excluding carboxylic acids is 2. The van der Waals surface area contributed by atoms with Gasteiger partial charge in [0.25, 0.3) is 0 Å². The lowest BCUT2D eigenvalue weighted by Crippen LogP contribution is -2.43. The lowest BCUT2D eigenvalue weighted by molar-refractivity contribution is -0.120. The van der Waals surface area contributed by atoms with Crippen molar-refractivity contribution in [2.45, 2.75) is 24.7 Å². The van der Waals surface area contributed by atoms with Crippen LogP contribution in [-0.4, -0.2) is 51.4 Å². The van der Waals surface area contributed by atoms with E-state index in [2.05, 4.69) is 5.32 Å². The molecular formula is C22H25ClN2O6S. The molecule has 10 heteroatoms. The van der Waals surface area contributed by atoms with Crippen molar-refractivity contribution in [1.29, 1.82) is 0 Å². The van der Waals surface area contributed by atoms with Gasteiger partial charge in [-0.15, -0.1) is 0 Å². The van der Waals surface area contributed by atoms with Crippen LogP contribution in [0.4, 0.5) is 5.69 Å². The van der Waals surface area contributed by atoms with Gasteiger partial charge in [0.15, 0.2) is 0 Å². The van der Waals surface area contributed by atoms with Gasteiger partial charge in [-0.2, -0.15) is 4.31 Å². The third kappa shape index (κ3) is 5.40. The van der Waals surface area contributed by atoms with Crippen molar-refractivity contribution in [3.63, 3.8) is 0 Å².